The van der Waals surface area contributed by atoms with Gasteiger partial charge in [-0.25, -0.2) is 0 Å². The number of anilines is 1. The maximum Gasteiger partial charge on any atom is 0.119 e. The molecule has 0 aliphatic carbocycles. The fourth-order valence-electron chi connectivity index (χ4n) is 1.28. The molecule has 0 bridgehead atoms. The molecule has 1 N–H and O–H groups in total. The fraction of sp³-hybridized carbons (Fsp3) is 0.333. The van der Waals surface area contributed by atoms with Crippen LogP contribution >= 0.6 is 0 Å². The Labute approximate surface area is 85.6 Å². The molecule has 0 heterocycles. The van der Waals surface area contributed by atoms with E-state index in [1.165, 1.54) is 0 Å². The molecule has 0 amide bonds. The zero-order valence-electron chi connectivity index (χ0n) is 8.79. The van der Waals surface area contributed by atoms with E-state index in [0.717, 1.165) is 17.9 Å². The van der Waals surface area contributed by atoms with Gasteiger partial charge in [-0.2, -0.15) is 0 Å². The second-order valence-electron chi connectivity index (χ2n) is 3.30. The molecule has 1 aromatic rings. The highest BCUT2D eigenvalue weighted by Gasteiger charge is 1.99. The van der Waals surface area contributed by atoms with Gasteiger partial charge in [-0.05, 0) is 37.6 Å². The Balaban J connectivity index is 2.54. The molecule has 0 aliphatic rings. The van der Waals surface area contributed by atoms with E-state index in [1.54, 1.807) is 7.11 Å². The van der Waals surface area contributed by atoms with Gasteiger partial charge in [-0.15, -0.1) is 6.58 Å². The first-order valence-electron chi connectivity index (χ1n) is 4.77. The summed E-state index contributed by atoms with van der Waals surface area (Å²) in [5.74, 6) is 0.881. The number of rotatable bonds is 5. The summed E-state index contributed by atoms with van der Waals surface area (Å²) in [6.45, 7) is 5.84. The van der Waals surface area contributed by atoms with Crippen LogP contribution in [0.3, 0.4) is 0 Å². The molecular weight excluding hydrogens is 174 g/mol. The van der Waals surface area contributed by atoms with Crippen molar-refractivity contribution in [2.75, 3.05) is 12.4 Å². The molecule has 1 unspecified atom stereocenters. The van der Waals surface area contributed by atoms with Crippen LogP contribution in [0.5, 0.6) is 5.75 Å². The highest BCUT2D eigenvalue weighted by Crippen LogP contribution is 2.16. The second kappa shape index (κ2) is 5.32. The highest BCUT2D eigenvalue weighted by atomic mass is 16.5. The molecule has 0 saturated heterocycles. The summed E-state index contributed by atoms with van der Waals surface area (Å²) < 4.78 is 5.08. The highest BCUT2D eigenvalue weighted by molar-refractivity contribution is 5.46. The Bertz CT molecular complexity index is 279. The van der Waals surface area contributed by atoms with Gasteiger partial charge < -0.3 is 10.1 Å². The van der Waals surface area contributed by atoms with Crippen LogP contribution < -0.4 is 10.1 Å². The first kappa shape index (κ1) is 10.6. The summed E-state index contributed by atoms with van der Waals surface area (Å²) in [5.41, 5.74) is 1.11. The number of benzene rings is 1. The fourth-order valence-corrected chi connectivity index (χ4v) is 1.28. The average Bonchev–Trinajstić information content (AvgIpc) is 2.19. The van der Waals surface area contributed by atoms with Crippen molar-refractivity contribution < 1.29 is 4.74 Å². The molecule has 1 atom stereocenters. The third kappa shape index (κ3) is 3.13. The minimum absolute atomic E-state index is 0.417. The Morgan fingerprint density at radius 2 is 2.07 bits per heavy atom. The van der Waals surface area contributed by atoms with Crippen LogP contribution in [0.1, 0.15) is 13.3 Å². The molecule has 0 fully saturated rings. The van der Waals surface area contributed by atoms with Gasteiger partial charge >= 0.3 is 0 Å². The van der Waals surface area contributed by atoms with Crippen LogP contribution in [0.4, 0.5) is 5.69 Å². The van der Waals surface area contributed by atoms with E-state index < -0.39 is 0 Å². The van der Waals surface area contributed by atoms with Gasteiger partial charge in [-0.3, -0.25) is 0 Å². The molecule has 0 saturated carbocycles. The van der Waals surface area contributed by atoms with E-state index in [-0.39, 0.29) is 0 Å². The van der Waals surface area contributed by atoms with Gasteiger partial charge in [-0.1, -0.05) is 6.08 Å². The van der Waals surface area contributed by atoms with Gasteiger partial charge in [0.05, 0.1) is 7.11 Å². The van der Waals surface area contributed by atoms with Gasteiger partial charge in [0.25, 0.3) is 0 Å². The molecule has 0 aliphatic heterocycles. The van der Waals surface area contributed by atoms with Crippen molar-refractivity contribution >= 4 is 5.69 Å². The summed E-state index contributed by atoms with van der Waals surface area (Å²) in [7, 11) is 1.67. The molecule has 0 spiro atoms. The summed E-state index contributed by atoms with van der Waals surface area (Å²) >= 11 is 0. The molecule has 2 heteroatoms. The first-order chi connectivity index (χ1) is 6.76. The molecule has 1 aromatic carbocycles. The molecule has 0 radical (unpaired) electrons. The van der Waals surface area contributed by atoms with Crippen molar-refractivity contribution in [1.29, 1.82) is 0 Å². The Kier molecular flexibility index (Phi) is 4.05. The van der Waals surface area contributed by atoms with Gasteiger partial charge in [0.2, 0.25) is 0 Å². The third-order valence-electron chi connectivity index (χ3n) is 2.02. The molecule has 76 valence electrons. The van der Waals surface area contributed by atoms with Crippen molar-refractivity contribution in [2.45, 2.75) is 19.4 Å². The Hall–Kier alpha value is -1.44. The monoisotopic (exact) mass is 191 g/mol. The number of hydrogen-bond donors (Lipinski definition) is 1. The van der Waals surface area contributed by atoms with E-state index >= 15 is 0 Å². The standard InChI is InChI=1S/C12H17NO/c1-4-5-10(2)13-11-6-8-12(14-3)9-7-11/h4,6-10,13H,1,5H2,2-3H3. The lowest BCUT2D eigenvalue weighted by atomic mass is 10.2. The molecular formula is C12H17NO. The van der Waals surface area contributed by atoms with Crippen LogP contribution in [-0.4, -0.2) is 13.2 Å². The summed E-state index contributed by atoms with van der Waals surface area (Å²) in [4.78, 5) is 0. The Morgan fingerprint density at radius 1 is 1.43 bits per heavy atom. The molecule has 0 aromatic heterocycles. The van der Waals surface area contributed by atoms with Crippen LogP contribution in [0.2, 0.25) is 0 Å². The Morgan fingerprint density at radius 3 is 2.57 bits per heavy atom. The summed E-state index contributed by atoms with van der Waals surface area (Å²) in [6, 6.07) is 8.34. The number of ether oxygens (including phenoxy) is 1. The smallest absolute Gasteiger partial charge is 0.119 e. The lowest BCUT2D eigenvalue weighted by molar-refractivity contribution is 0.415. The number of hydrogen-bond acceptors (Lipinski definition) is 2. The lowest BCUT2D eigenvalue weighted by Crippen LogP contribution is -2.13. The number of methoxy groups -OCH3 is 1. The second-order valence-corrected chi connectivity index (χ2v) is 3.30. The van der Waals surface area contributed by atoms with Gasteiger partial charge in [0.15, 0.2) is 0 Å². The maximum atomic E-state index is 5.08. The predicted molar refractivity (Wildman–Crippen MR) is 60.9 cm³/mol. The summed E-state index contributed by atoms with van der Waals surface area (Å²) in [5, 5.41) is 3.37. The van der Waals surface area contributed by atoms with Crippen LogP contribution in [-0.2, 0) is 0 Å². The van der Waals surface area contributed by atoms with Crippen molar-refractivity contribution in [3.05, 3.63) is 36.9 Å². The van der Waals surface area contributed by atoms with Gasteiger partial charge in [0, 0.05) is 11.7 Å². The van der Waals surface area contributed by atoms with Crippen molar-refractivity contribution in [1.82, 2.24) is 0 Å². The minimum Gasteiger partial charge on any atom is -0.497 e. The maximum absolute atomic E-state index is 5.08. The summed E-state index contributed by atoms with van der Waals surface area (Å²) in [6.07, 6.45) is 2.88. The largest absolute Gasteiger partial charge is 0.497 e. The quantitative estimate of drug-likeness (QED) is 0.722. The zero-order chi connectivity index (χ0) is 10.4. The topological polar surface area (TPSA) is 21.3 Å². The van der Waals surface area contributed by atoms with E-state index in [4.69, 9.17) is 4.74 Å². The lowest BCUT2D eigenvalue weighted by Gasteiger charge is -2.13. The SMILES string of the molecule is C=CCC(C)Nc1ccc(OC)cc1. The van der Waals surface area contributed by atoms with E-state index in [0.29, 0.717) is 6.04 Å². The van der Waals surface area contributed by atoms with Gasteiger partial charge in [0.1, 0.15) is 5.75 Å². The first-order valence-corrected chi connectivity index (χ1v) is 4.77. The van der Waals surface area contributed by atoms with E-state index in [2.05, 4.69) is 18.8 Å². The minimum atomic E-state index is 0.417. The normalized spacial score (nSPS) is 11.9. The van der Waals surface area contributed by atoms with Crippen molar-refractivity contribution in [2.24, 2.45) is 0 Å². The van der Waals surface area contributed by atoms with E-state index in [1.807, 2.05) is 30.3 Å². The van der Waals surface area contributed by atoms with Crippen LogP contribution in [0.15, 0.2) is 36.9 Å². The predicted octanol–water partition coefficient (Wildman–Crippen LogP) is 3.07. The zero-order valence-corrected chi connectivity index (χ0v) is 8.79. The van der Waals surface area contributed by atoms with Crippen molar-refractivity contribution in [3.63, 3.8) is 0 Å². The third-order valence-corrected chi connectivity index (χ3v) is 2.02. The molecule has 1 rings (SSSR count). The van der Waals surface area contributed by atoms with Crippen molar-refractivity contribution in [3.8, 4) is 5.75 Å². The molecule has 14 heavy (non-hydrogen) atoms. The molecule has 2 nitrogen and oxygen atoms in total. The number of nitrogens with one attached hydrogen (secondary N) is 1. The van der Waals surface area contributed by atoms with Crippen LogP contribution in [0.25, 0.3) is 0 Å². The average molecular weight is 191 g/mol. The van der Waals surface area contributed by atoms with E-state index in [9.17, 15) is 0 Å². The van der Waals surface area contributed by atoms with Crippen LogP contribution in [0, 0.1) is 0 Å².